The molecule has 6 nitrogen and oxygen atoms in total. The summed E-state index contributed by atoms with van der Waals surface area (Å²) in [6.45, 7) is 6.51. The molecule has 0 N–H and O–H groups in total. The predicted octanol–water partition coefficient (Wildman–Crippen LogP) is 19.4. The Hall–Kier alpha value is -3.15. The summed E-state index contributed by atoms with van der Waals surface area (Å²) >= 11 is 0. The van der Waals surface area contributed by atoms with E-state index in [4.69, 9.17) is 14.2 Å². The third-order valence-electron chi connectivity index (χ3n) is 12.4. The fraction of sp³-hybridized carbons (Fsp3) is 0.758. The van der Waals surface area contributed by atoms with Gasteiger partial charge in [-0.15, -0.1) is 0 Å². The Bertz CT molecular complexity index is 1270. The fourth-order valence-electron chi connectivity index (χ4n) is 8.11. The lowest BCUT2D eigenvalue weighted by molar-refractivity contribution is -0.167. The van der Waals surface area contributed by atoms with E-state index in [0.717, 1.165) is 103 Å². The molecule has 0 saturated carbocycles. The minimum atomic E-state index is -0.785. The standard InChI is InChI=1S/C62H108O6/c1-4-7-10-13-16-19-22-25-27-29-30-31-32-34-35-37-40-43-46-49-52-55-61(64)67-58-59(57-66-60(63)54-51-48-45-42-39-24-21-18-15-12-9-6-3)68-62(65)56-53-50-47-44-41-38-36-33-28-26-23-20-17-14-11-8-5-2/h8,11,17,20,22,25-26,28-30,32,34,59H,4-7,9-10,12-16,18-19,21,23-24,27,31,33,35-58H2,1-3H3/b11-8-,20-17-,25-22-,28-26-,30-29-,34-32-. The van der Waals surface area contributed by atoms with Crippen molar-refractivity contribution in [2.45, 2.75) is 290 Å². The number of esters is 3. The lowest BCUT2D eigenvalue weighted by atomic mass is 10.0. The smallest absolute Gasteiger partial charge is 0.306 e. The van der Waals surface area contributed by atoms with Gasteiger partial charge in [-0.3, -0.25) is 14.4 Å². The third-order valence-corrected chi connectivity index (χ3v) is 12.4. The summed E-state index contributed by atoms with van der Waals surface area (Å²) in [6.07, 6.45) is 71.7. The molecule has 0 radical (unpaired) electrons. The highest BCUT2D eigenvalue weighted by molar-refractivity contribution is 5.71. The molecule has 0 aliphatic heterocycles. The summed E-state index contributed by atoms with van der Waals surface area (Å²) in [4.78, 5) is 38.1. The van der Waals surface area contributed by atoms with E-state index >= 15 is 0 Å². The second kappa shape index (κ2) is 56.4. The minimum Gasteiger partial charge on any atom is -0.462 e. The molecule has 0 spiro atoms. The molecule has 0 aliphatic rings. The molecular formula is C62H108O6. The van der Waals surface area contributed by atoms with Crippen molar-refractivity contribution in [2.24, 2.45) is 0 Å². The van der Waals surface area contributed by atoms with Gasteiger partial charge in [0.05, 0.1) is 0 Å². The lowest BCUT2D eigenvalue weighted by Gasteiger charge is -2.18. The lowest BCUT2D eigenvalue weighted by Crippen LogP contribution is -2.30. The Morgan fingerprint density at radius 3 is 0.897 bits per heavy atom. The maximum absolute atomic E-state index is 12.8. The molecular weight excluding hydrogens is 841 g/mol. The maximum Gasteiger partial charge on any atom is 0.306 e. The predicted molar refractivity (Wildman–Crippen MR) is 293 cm³/mol. The average Bonchev–Trinajstić information content (AvgIpc) is 3.34. The van der Waals surface area contributed by atoms with E-state index in [2.05, 4.69) is 93.7 Å². The van der Waals surface area contributed by atoms with Crippen LogP contribution in [-0.4, -0.2) is 37.2 Å². The van der Waals surface area contributed by atoms with Crippen LogP contribution >= 0.6 is 0 Å². The van der Waals surface area contributed by atoms with Gasteiger partial charge in [0.2, 0.25) is 0 Å². The van der Waals surface area contributed by atoms with E-state index in [0.29, 0.717) is 19.3 Å². The van der Waals surface area contributed by atoms with E-state index in [-0.39, 0.29) is 31.1 Å². The van der Waals surface area contributed by atoms with Crippen molar-refractivity contribution in [2.75, 3.05) is 13.2 Å². The van der Waals surface area contributed by atoms with Crippen LogP contribution in [0.25, 0.3) is 0 Å². The first kappa shape index (κ1) is 64.8. The largest absolute Gasteiger partial charge is 0.462 e. The molecule has 0 aromatic heterocycles. The Morgan fingerprint density at radius 2 is 0.574 bits per heavy atom. The van der Waals surface area contributed by atoms with Crippen molar-refractivity contribution >= 4 is 17.9 Å². The molecule has 0 heterocycles. The van der Waals surface area contributed by atoms with Crippen LogP contribution in [0.1, 0.15) is 284 Å². The zero-order valence-corrected chi connectivity index (χ0v) is 44.9. The molecule has 1 atom stereocenters. The van der Waals surface area contributed by atoms with Gasteiger partial charge < -0.3 is 14.2 Å². The van der Waals surface area contributed by atoms with Gasteiger partial charge in [0.1, 0.15) is 13.2 Å². The Morgan fingerprint density at radius 1 is 0.309 bits per heavy atom. The van der Waals surface area contributed by atoms with Crippen LogP contribution in [0.15, 0.2) is 72.9 Å². The average molecular weight is 950 g/mol. The normalized spacial score (nSPS) is 12.6. The van der Waals surface area contributed by atoms with Crippen molar-refractivity contribution < 1.29 is 28.6 Å². The number of unbranched alkanes of at least 4 members (excludes halogenated alkanes) is 29. The van der Waals surface area contributed by atoms with Crippen molar-refractivity contribution in [3.8, 4) is 0 Å². The number of ether oxygens (including phenoxy) is 3. The Labute approximate surface area is 421 Å². The minimum absolute atomic E-state index is 0.0819. The number of rotatable bonds is 52. The number of carbonyl (C=O) groups is 3. The van der Waals surface area contributed by atoms with Crippen molar-refractivity contribution in [1.82, 2.24) is 0 Å². The van der Waals surface area contributed by atoms with Gasteiger partial charge in [0.15, 0.2) is 6.10 Å². The van der Waals surface area contributed by atoms with E-state index in [1.54, 1.807) is 0 Å². The van der Waals surface area contributed by atoms with Crippen LogP contribution in [0, 0.1) is 0 Å². The van der Waals surface area contributed by atoms with Crippen molar-refractivity contribution in [1.29, 1.82) is 0 Å². The molecule has 392 valence electrons. The van der Waals surface area contributed by atoms with Gasteiger partial charge in [-0.1, -0.05) is 248 Å². The number of hydrogen-bond donors (Lipinski definition) is 0. The molecule has 1 unspecified atom stereocenters. The molecule has 0 rings (SSSR count). The Balaban J connectivity index is 4.37. The van der Waals surface area contributed by atoms with Gasteiger partial charge in [0, 0.05) is 19.3 Å². The molecule has 0 aromatic carbocycles. The van der Waals surface area contributed by atoms with Crippen LogP contribution in [0.2, 0.25) is 0 Å². The third kappa shape index (κ3) is 53.8. The summed E-state index contributed by atoms with van der Waals surface area (Å²) in [7, 11) is 0. The molecule has 0 aromatic rings. The van der Waals surface area contributed by atoms with Crippen LogP contribution in [0.5, 0.6) is 0 Å². The molecule has 0 aliphatic carbocycles. The summed E-state index contributed by atoms with van der Waals surface area (Å²) in [5, 5.41) is 0. The van der Waals surface area contributed by atoms with Gasteiger partial charge in [-0.2, -0.15) is 0 Å². The van der Waals surface area contributed by atoms with Crippen molar-refractivity contribution in [3.05, 3.63) is 72.9 Å². The van der Waals surface area contributed by atoms with Gasteiger partial charge in [-0.25, -0.2) is 0 Å². The first-order valence-electron chi connectivity index (χ1n) is 28.9. The number of allylic oxidation sites excluding steroid dienone is 12. The SMILES string of the molecule is CC/C=C\C/C=C\C/C=C\CCCCCCCCCC(=O)OC(COC(=O)CCCCCCCC/C=C\C/C=C\C/C=C\CCCCCCC)COC(=O)CCCCCCCCCCCCCC. The van der Waals surface area contributed by atoms with Crippen LogP contribution in [0.3, 0.4) is 0 Å². The second-order valence-electron chi connectivity index (χ2n) is 19.2. The van der Waals surface area contributed by atoms with E-state index in [9.17, 15) is 14.4 Å². The summed E-state index contributed by atoms with van der Waals surface area (Å²) in [6, 6.07) is 0. The molecule has 6 heteroatoms. The quantitative estimate of drug-likeness (QED) is 0.0262. The number of hydrogen-bond acceptors (Lipinski definition) is 6. The molecule has 0 saturated heterocycles. The monoisotopic (exact) mass is 949 g/mol. The zero-order chi connectivity index (χ0) is 49.3. The summed E-state index contributed by atoms with van der Waals surface area (Å²) in [5.74, 6) is -0.896. The highest BCUT2D eigenvalue weighted by Gasteiger charge is 2.19. The summed E-state index contributed by atoms with van der Waals surface area (Å²) in [5.41, 5.74) is 0. The van der Waals surface area contributed by atoms with Crippen molar-refractivity contribution in [3.63, 3.8) is 0 Å². The van der Waals surface area contributed by atoms with Crippen LogP contribution < -0.4 is 0 Å². The van der Waals surface area contributed by atoms with E-state index < -0.39 is 6.10 Å². The van der Waals surface area contributed by atoms with E-state index in [1.165, 1.54) is 141 Å². The first-order valence-corrected chi connectivity index (χ1v) is 28.9. The summed E-state index contributed by atoms with van der Waals surface area (Å²) < 4.78 is 16.9. The molecule has 0 bridgehead atoms. The second-order valence-corrected chi connectivity index (χ2v) is 19.2. The maximum atomic E-state index is 12.8. The first-order chi connectivity index (χ1) is 33.5. The fourth-order valence-corrected chi connectivity index (χ4v) is 8.11. The van der Waals surface area contributed by atoms with E-state index in [1.807, 2.05) is 0 Å². The van der Waals surface area contributed by atoms with Gasteiger partial charge in [-0.05, 0) is 89.9 Å². The van der Waals surface area contributed by atoms with Crippen LogP contribution in [-0.2, 0) is 28.6 Å². The molecule has 68 heavy (non-hydrogen) atoms. The molecule has 0 fully saturated rings. The van der Waals surface area contributed by atoms with Gasteiger partial charge >= 0.3 is 17.9 Å². The topological polar surface area (TPSA) is 78.9 Å². The highest BCUT2D eigenvalue weighted by atomic mass is 16.6. The molecule has 0 amide bonds. The number of carbonyl (C=O) groups excluding carboxylic acids is 3. The van der Waals surface area contributed by atoms with Crippen LogP contribution in [0.4, 0.5) is 0 Å². The zero-order valence-electron chi connectivity index (χ0n) is 44.9. The Kier molecular flexibility index (Phi) is 53.8. The van der Waals surface area contributed by atoms with Gasteiger partial charge in [0.25, 0.3) is 0 Å². The highest BCUT2D eigenvalue weighted by Crippen LogP contribution is 2.15.